The van der Waals surface area contributed by atoms with Crippen molar-refractivity contribution in [1.82, 2.24) is 19.2 Å². The third-order valence-electron chi connectivity index (χ3n) is 5.36. The van der Waals surface area contributed by atoms with E-state index in [9.17, 15) is 4.79 Å². The maximum atomic E-state index is 13.3. The first-order valence-electron chi connectivity index (χ1n) is 9.69. The summed E-state index contributed by atoms with van der Waals surface area (Å²) in [6.07, 6.45) is 2.71. The molecule has 140 valence electrons. The molecule has 1 aliphatic heterocycles. The van der Waals surface area contributed by atoms with Crippen LogP contribution in [0.4, 0.5) is 0 Å². The van der Waals surface area contributed by atoms with Crippen LogP contribution in [0.2, 0.25) is 0 Å². The van der Waals surface area contributed by atoms with Gasteiger partial charge in [0.15, 0.2) is 0 Å². The van der Waals surface area contributed by atoms with E-state index >= 15 is 0 Å². The number of carbonyl (C=O) groups excluding carboxylic acids is 1. The summed E-state index contributed by atoms with van der Waals surface area (Å²) in [7, 11) is 0. The topological polar surface area (TPSA) is 40.9 Å². The Bertz CT molecular complexity index is 940. The SMILES string of the molecule is CCc1nc2c(C)cccn2c1C(=O)N1CCN(Cc2ccccc2)CC1. The Kier molecular flexibility index (Phi) is 4.94. The van der Waals surface area contributed by atoms with Gasteiger partial charge in [-0.05, 0) is 30.5 Å². The number of aromatic nitrogens is 2. The van der Waals surface area contributed by atoms with Crippen molar-refractivity contribution in [2.75, 3.05) is 26.2 Å². The van der Waals surface area contributed by atoms with Crippen LogP contribution in [0.25, 0.3) is 5.65 Å². The predicted octanol–water partition coefficient (Wildman–Crippen LogP) is 3.16. The summed E-state index contributed by atoms with van der Waals surface area (Å²) in [5.41, 5.74) is 4.93. The molecule has 3 aromatic rings. The summed E-state index contributed by atoms with van der Waals surface area (Å²) in [5.74, 6) is 0.101. The van der Waals surface area contributed by atoms with Crippen LogP contribution in [-0.4, -0.2) is 51.3 Å². The predicted molar refractivity (Wildman–Crippen MR) is 107 cm³/mol. The first kappa shape index (κ1) is 17.7. The monoisotopic (exact) mass is 362 g/mol. The van der Waals surface area contributed by atoms with E-state index in [0.29, 0.717) is 0 Å². The summed E-state index contributed by atoms with van der Waals surface area (Å²) in [4.78, 5) is 22.4. The summed E-state index contributed by atoms with van der Waals surface area (Å²) < 4.78 is 1.97. The molecule has 1 aromatic carbocycles. The lowest BCUT2D eigenvalue weighted by Gasteiger charge is -2.34. The second-order valence-electron chi connectivity index (χ2n) is 7.20. The van der Waals surface area contributed by atoms with E-state index in [2.05, 4.69) is 36.1 Å². The van der Waals surface area contributed by atoms with Crippen molar-refractivity contribution in [3.05, 3.63) is 71.2 Å². The summed E-state index contributed by atoms with van der Waals surface area (Å²) >= 11 is 0. The summed E-state index contributed by atoms with van der Waals surface area (Å²) in [6.45, 7) is 8.36. The van der Waals surface area contributed by atoms with Crippen molar-refractivity contribution in [2.24, 2.45) is 0 Å². The molecular formula is C22H26N4O. The first-order valence-corrected chi connectivity index (χ1v) is 9.69. The van der Waals surface area contributed by atoms with Crippen LogP contribution >= 0.6 is 0 Å². The Labute approximate surface area is 160 Å². The van der Waals surface area contributed by atoms with E-state index in [1.807, 2.05) is 40.6 Å². The van der Waals surface area contributed by atoms with Gasteiger partial charge in [-0.15, -0.1) is 0 Å². The zero-order valence-corrected chi connectivity index (χ0v) is 16.1. The molecule has 1 aliphatic rings. The fourth-order valence-electron chi connectivity index (χ4n) is 3.82. The van der Waals surface area contributed by atoms with Crippen molar-refractivity contribution in [2.45, 2.75) is 26.8 Å². The highest BCUT2D eigenvalue weighted by atomic mass is 16.2. The molecule has 5 nitrogen and oxygen atoms in total. The van der Waals surface area contributed by atoms with Gasteiger partial charge in [-0.1, -0.05) is 43.3 Å². The average molecular weight is 362 g/mol. The lowest BCUT2D eigenvalue weighted by atomic mass is 10.2. The second-order valence-corrected chi connectivity index (χ2v) is 7.20. The average Bonchev–Trinajstić information content (AvgIpc) is 3.09. The van der Waals surface area contributed by atoms with Gasteiger partial charge < -0.3 is 4.90 Å². The Morgan fingerprint density at radius 3 is 2.48 bits per heavy atom. The van der Waals surface area contributed by atoms with E-state index in [0.717, 1.165) is 61.7 Å². The smallest absolute Gasteiger partial charge is 0.272 e. The zero-order chi connectivity index (χ0) is 18.8. The van der Waals surface area contributed by atoms with Gasteiger partial charge in [-0.2, -0.15) is 0 Å². The fraction of sp³-hybridized carbons (Fsp3) is 0.364. The van der Waals surface area contributed by atoms with Crippen LogP contribution in [-0.2, 0) is 13.0 Å². The van der Waals surface area contributed by atoms with Gasteiger partial charge in [0.25, 0.3) is 5.91 Å². The molecule has 0 spiro atoms. The van der Waals surface area contributed by atoms with Crippen molar-refractivity contribution >= 4 is 11.6 Å². The maximum absolute atomic E-state index is 13.3. The molecular weight excluding hydrogens is 336 g/mol. The lowest BCUT2D eigenvalue weighted by Crippen LogP contribution is -2.48. The minimum Gasteiger partial charge on any atom is -0.335 e. The highest BCUT2D eigenvalue weighted by Crippen LogP contribution is 2.19. The number of benzene rings is 1. The number of imidazole rings is 1. The normalized spacial score (nSPS) is 15.4. The van der Waals surface area contributed by atoms with E-state index < -0.39 is 0 Å². The van der Waals surface area contributed by atoms with Crippen LogP contribution in [0.1, 0.15) is 34.2 Å². The quantitative estimate of drug-likeness (QED) is 0.716. The van der Waals surface area contributed by atoms with Gasteiger partial charge >= 0.3 is 0 Å². The third-order valence-corrected chi connectivity index (χ3v) is 5.36. The Morgan fingerprint density at radius 1 is 1.04 bits per heavy atom. The van der Waals surface area contributed by atoms with Gasteiger partial charge in [-0.25, -0.2) is 4.98 Å². The number of fused-ring (bicyclic) bond motifs is 1. The van der Waals surface area contributed by atoms with Crippen LogP contribution < -0.4 is 0 Å². The van der Waals surface area contributed by atoms with E-state index in [1.165, 1.54) is 5.56 Å². The third kappa shape index (κ3) is 3.47. The number of amides is 1. The molecule has 0 bridgehead atoms. The number of hydrogen-bond donors (Lipinski definition) is 0. The number of pyridine rings is 1. The molecule has 0 aliphatic carbocycles. The number of hydrogen-bond acceptors (Lipinski definition) is 3. The van der Waals surface area contributed by atoms with E-state index in [4.69, 9.17) is 4.98 Å². The van der Waals surface area contributed by atoms with Crippen molar-refractivity contribution < 1.29 is 4.79 Å². The van der Waals surface area contributed by atoms with Crippen LogP contribution in [0.5, 0.6) is 0 Å². The summed E-state index contributed by atoms with van der Waals surface area (Å²) in [6, 6.07) is 14.5. The molecule has 3 heterocycles. The zero-order valence-electron chi connectivity index (χ0n) is 16.1. The largest absolute Gasteiger partial charge is 0.335 e. The Morgan fingerprint density at radius 2 is 1.78 bits per heavy atom. The lowest BCUT2D eigenvalue weighted by molar-refractivity contribution is 0.0620. The minimum absolute atomic E-state index is 0.101. The molecule has 0 atom stereocenters. The highest BCUT2D eigenvalue weighted by Gasteiger charge is 2.27. The van der Waals surface area contributed by atoms with E-state index in [-0.39, 0.29) is 5.91 Å². The van der Waals surface area contributed by atoms with E-state index in [1.54, 1.807) is 0 Å². The highest BCUT2D eigenvalue weighted by molar-refractivity contribution is 5.95. The van der Waals surface area contributed by atoms with Gasteiger partial charge in [0.1, 0.15) is 11.3 Å². The number of rotatable bonds is 4. The van der Waals surface area contributed by atoms with Crippen LogP contribution in [0.3, 0.4) is 0 Å². The molecule has 0 unspecified atom stereocenters. The standard InChI is InChI=1S/C22H26N4O/c1-3-19-20(26-11-7-8-17(2)21(26)23-19)22(27)25-14-12-24(13-15-25)16-18-9-5-4-6-10-18/h4-11H,3,12-16H2,1-2H3. The van der Waals surface area contributed by atoms with Crippen molar-refractivity contribution in [3.63, 3.8) is 0 Å². The minimum atomic E-state index is 0.101. The number of aryl methyl sites for hydroxylation is 2. The van der Waals surface area contributed by atoms with Crippen LogP contribution in [0, 0.1) is 6.92 Å². The first-order chi connectivity index (χ1) is 13.2. The number of nitrogens with zero attached hydrogens (tertiary/aromatic N) is 4. The fourth-order valence-corrected chi connectivity index (χ4v) is 3.82. The van der Waals surface area contributed by atoms with Crippen LogP contribution in [0.15, 0.2) is 48.7 Å². The molecule has 1 amide bonds. The Balaban J connectivity index is 1.50. The van der Waals surface area contributed by atoms with Crippen molar-refractivity contribution in [1.29, 1.82) is 0 Å². The van der Waals surface area contributed by atoms with Gasteiger partial charge in [0, 0.05) is 38.9 Å². The molecule has 4 rings (SSSR count). The number of carbonyl (C=O) groups is 1. The molecule has 2 aromatic heterocycles. The number of piperazine rings is 1. The van der Waals surface area contributed by atoms with Crippen molar-refractivity contribution in [3.8, 4) is 0 Å². The summed E-state index contributed by atoms with van der Waals surface area (Å²) in [5, 5.41) is 0. The molecule has 5 heteroatoms. The van der Waals surface area contributed by atoms with Gasteiger partial charge in [-0.3, -0.25) is 14.1 Å². The molecule has 27 heavy (non-hydrogen) atoms. The molecule has 0 N–H and O–H groups in total. The van der Waals surface area contributed by atoms with Gasteiger partial charge in [0.05, 0.1) is 5.69 Å². The molecule has 1 fully saturated rings. The molecule has 1 saturated heterocycles. The maximum Gasteiger partial charge on any atom is 0.272 e. The molecule has 0 radical (unpaired) electrons. The van der Waals surface area contributed by atoms with Gasteiger partial charge in [0.2, 0.25) is 0 Å². The Hall–Kier alpha value is -2.66. The molecule has 0 saturated carbocycles. The second kappa shape index (κ2) is 7.53.